The van der Waals surface area contributed by atoms with Crippen LogP contribution < -0.4 is 0 Å². The monoisotopic (exact) mass is 426 g/mol. The van der Waals surface area contributed by atoms with Crippen LogP contribution in [0.25, 0.3) is 0 Å². The molecule has 2 aromatic carbocycles. The molecule has 0 radical (unpaired) electrons. The normalized spacial score (nSPS) is 10.2. The van der Waals surface area contributed by atoms with Gasteiger partial charge in [-0.2, -0.15) is 0 Å². The van der Waals surface area contributed by atoms with Crippen molar-refractivity contribution in [3.05, 3.63) is 58.7 Å². The van der Waals surface area contributed by atoms with Gasteiger partial charge < -0.3 is 9.47 Å². The summed E-state index contributed by atoms with van der Waals surface area (Å²) in [7, 11) is 2.39. The Balaban J connectivity index is 2.42. The van der Waals surface area contributed by atoms with Crippen molar-refractivity contribution in [2.45, 2.75) is 9.79 Å². The lowest BCUT2D eigenvalue weighted by Crippen LogP contribution is -2.08. The van der Waals surface area contributed by atoms with Crippen molar-refractivity contribution in [2.75, 3.05) is 14.2 Å². The molecule has 0 saturated heterocycles. The van der Waals surface area contributed by atoms with Gasteiger partial charge in [-0.1, -0.05) is 11.8 Å². The largest absolute Gasteiger partial charge is 0.465 e. The molecule has 9 heteroatoms. The third-order valence-corrected chi connectivity index (χ3v) is 4.84. The Morgan fingerprint density at radius 3 is 1.37 bits per heavy atom. The molecule has 0 heterocycles. The minimum Gasteiger partial charge on any atom is -0.465 e. The molecule has 0 aliphatic heterocycles. The van der Waals surface area contributed by atoms with Crippen molar-refractivity contribution >= 4 is 57.4 Å². The van der Waals surface area contributed by atoms with Gasteiger partial charge in [0.05, 0.1) is 25.3 Å². The van der Waals surface area contributed by atoms with Crippen LogP contribution in [-0.2, 0) is 9.47 Å². The molecule has 0 amide bonds. The van der Waals surface area contributed by atoms with Crippen LogP contribution in [0.15, 0.2) is 46.2 Å². The molecule has 0 aromatic heterocycles. The number of ether oxygens (including phenoxy) is 2. The zero-order valence-electron chi connectivity index (χ0n) is 14.1. The van der Waals surface area contributed by atoms with Crippen LogP contribution in [0.1, 0.15) is 41.4 Å². The summed E-state index contributed by atoms with van der Waals surface area (Å²) in [5, 5.41) is -1.62. The minimum absolute atomic E-state index is 0.00617. The first kappa shape index (κ1) is 21.0. The molecule has 0 unspecified atom stereocenters. The lowest BCUT2D eigenvalue weighted by Gasteiger charge is -2.09. The van der Waals surface area contributed by atoms with E-state index in [9.17, 15) is 19.2 Å². The van der Waals surface area contributed by atoms with Gasteiger partial charge in [0.15, 0.2) is 0 Å². The predicted octanol–water partition coefficient (Wildman–Crippen LogP) is 4.17. The summed E-state index contributed by atoms with van der Waals surface area (Å²) < 4.78 is 9.24. The van der Waals surface area contributed by atoms with E-state index in [0.29, 0.717) is 9.79 Å². The topological polar surface area (TPSA) is 86.7 Å². The van der Waals surface area contributed by atoms with Gasteiger partial charge in [0.25, 0.3) is 10.5 Å². The Morgan fingerprint density at radius 1 is 0.704 bits per heavy atom. The zero-order valence-corrected chi connectivity index (χ0v) is 16.4. The maximum atomic E-state index is 11.7. The minimum atomic E-state index is -0.810. The fraction of sp³-hybridized carbons (Fsp3) is 0.111. The van der Waals surface area contributed by atoms with E-state index in [1.807, 2.05) is 0 Å². The van der Waals surface area contributed by atoms with Crippen molar-refractivity contribution in [3.63, 3.8) is 0 Å². The SMILES string of the molecule is COC(=O)c1ccc(Sc2ccc(C(=O)OC)c(C(=O)Cl)c2)cc1C(=O)Cl. The molecule has 0 aliphatic rings. The second-order valence-electron chi connectivity index (χ2n) is 5.05. The first-order valence-electron chi connectivity index (χ1n) is 7.30. The first-order chi connectivity index (χ1) is 12.8. The molecular weight excluding hydrogens is 415 g/mol. The third kappa shape index (κ3) is 4.88. The molecule has 2 rings (SSSR count). The first-order valence-corrected chi connectivity index (χ1v) is 8.88. The van der Waals surface area contributed by atoms with Crippen molar-refractivity contribution in [2.24, 2.45) is 0 Å². The highest BCUT2D eigenvalue weighted by Gasteiger charge is 2.19. The number of esters is 2. The molecule has 0 fully saturated rings. The van der Waals surface area contributed by atoms with Gasteiger partial charge in [0.2, 0.25) is 0 Å². The maximum Gasteiger partial charge on any atom is 0.338 e. The van der Waals surface area contributed by atoms with Gasteiger partial charge in [0, 0.05) is 20.9 Å². The molecule has 0 atom stereocenters. The molecule has 0 N–H and O–H groups in total. The van der Waals surface area contributed by atoms with Gasteiger partial charge in [0.1, 0.15) is 0 Å². The molecule has 2 aromatic rings. The van der Waals surface area contributed by atoms with Gasteiger partial charge in [-0.05, 0) is 59.6 Å². The quantitative estimate of drug-likeness (QED) is 0.505. The summed E-state index contributed by atoms with van der Waals surface area (Å²) in [5.74, 6) is -1.37. The van der Waals surface area contributed by atoms with E-state index in [2.05, 4.69) is 9.47 Å². The van der Waals surface area contributed by atoms with Crippen molar-refractivity contribution in [1.82, 2.24) is 0 Å². The van der Waals surface area contributed by atoms with Gasteiger partial charge in [-0.15, -0.1) is 0 Å². The smallest absolute Gasteiger partial charge is 0.338 e. The molecule has 27 heavy (non-hydrogen) atoms. The molecule has 6 nitrogen and oxygen atoms in total. The number of carbonyl (C=O) groups is 4. The lowest BCUT2D eigenvalue weighted by molar-refractivity contribution is 0.0590. The molecule has 0 aliphatic carbocycles. The van der Waals surface area contributed by atoms with E-state index < -0.39 is 22.4 Å². The van der Waals surface area contributed by atoms with Gasteiger partial charge in [-0.3, -0.25) is 9.59 Å². The number of rotatable bonds is 6. The number of carbonyl (C=O) groups excluding carboxylic acids is 4. The van der Waals surface area contributed by atoms with Crippen LogP contribution in [-0.4, -0.2) is 36.6 Å². The average molecular weight is 427 g/mol. The van der Waals surface area contributed by atoms with E-state index in [4.69, 9.17) is 23.2 Å². The highest BCUT2D eigenvalue weighted by Crippen LogP contribution is 2.32. The third-order valence-electron chi connectivity index (χ3n) is 3.45. The number of hydrogen-bond donors (Lipinski definition) is 0. The van der Waals surface area contributed by atoms with Crippen LogP contribution >= 0.6 is 35.0 Å². The zero-order chi connectivity index (χ0) is 20.1. The predicted molar refractivity (Wildman–Crippen MR) is 100 cm³/mol. The Bertz CT molecular complexity index is 866. The lowest BCUT2D eigenvalue weighted by atomic mass is 10.1. The van der Waals surface area contributed by atoms with Crippen LogP contribution in [0.4, 0.5) is 0 Å². The fourth-order valence-corrected chi connectivity index (χ4v) is 3.42. The van der Waals surface area contributed by atoms with Gasteiger partial charge in [-0.25, -0.2) is 9.59 Å². The number of hydrogen-bond acceptors (Lipinski definition) is 7. The second kappa shape index (κ2) is 9.03. The average Bonchev–Trinajstić information content (AvgIpc) is 2.66. The summed E-state index contributed by atoms with van der Waals surface area (Å²) in [5.41, 5.74) is 0.0701. The highest BCUT2D eigenvalue weighted by molar-refractivity contribution is 7.99. The number of methoxy groups -OCH3 is 2. The Kier molecular flexibility index (Phi) is 7.01. The van der Waals surface area contributed by atoms with Crippen molar-refractivity contribution < 1.29 is 28.7 Å². The summed E-state index contributed by atoms with van der Waals surface area (Å²) in [6, 6.07) is 8.89. The fourth-order valence-electron chi connectivity index (χ4n) is 2.21. The molecule has 140 valence electrons. The number of benzene rings is 2. The Hall–Kier alpha value is -2.35. The molecule has 0 saturated carbocycles. The van der Waals surface area contributed by atoms with E-state index in [0.717, 1.165) is 0 Å². The van der Waals surface area contributed by atoms with E-state index in [1.54, 1.807) is 12.1 Å². The molecule has 0 bridgehead atoms. The molecule has 0 spiro atoms. The summed E-state index contributed by atoms with van der Waals surface area (Å²) in [4.78, 5) is 47.8. The molecular formula is C18H12Cl2O6S. The summed E-state index contributed by atoms with van der Waals surface area (Å²) >= 11 is 12.3. The van der Waals surface area contributed by atoms with Crippen molar-refractivity contribution in [1.29, 1.82) is 0 Å². The summed E-state index contributed by atoms with van der Waals surface area (Å²) in [6.45, 7) is 0. The number of halogens is 2. The van der Waals surface area contributed by atoms with E-state index >= 15 is 0 Å². The Morgan fingerprint density at radius 2 is 1.07 bits per heavy atom. The van der Waals surface area contributed by atoms with Crippen molar-refractivity contribution in [3.8, 4) is 0 Å². The van der Waals surface area contributed by atoms with Crippen LogP contribution in [0.5, 0.6) is 0 Å². The highest BCUT2D eigenvalue weighted by atomic mass is 35.5. The van der Waals surface area contributed by atoms with E-state index in [1.165, 1.54) is 50.2 Å². The Labute approximate surface area is 168 Å². The maximum absolute atomic E-state index is 11.7. The van der Waals surface area contributed by atoms with Crippen LogP contribution in [0, 0.1) is 0 Å². The van der Waals surface area contributed by atoms with E-state index in [-0.39, 0.29) is 22.3 Å². The van der Waals surface area contributed by atoms with Gasteiger partial charge >= 0.3 is 11.9 Å². The summed E-state index contributed by atoms with van der Waals surface area (Å²) in [6.07, 6.45) is 0. The van der Waals surface area contributed by atoms with Crippen LogP contribution in [0.3, 0.4) is 0 Å². The standard InChI is InChI=1S/C18H12Cl2O6S/c1-25-17(23)11-5-3-9(7-13(11)15(19)21)27-10-4-6-12(18(24)26-2)14(8-10)16(20)22/h3-8H,1-2H3. The second-order valence-corrected chi connectivity index (χ2v) is 6.88. The van der Waals surface area contributed by atoms with Crippen LogP contribution in [0.2, 0.25) is 0 Å².